The summed E-state index contributed by atoms with van der Waals surface area (Å²) in [5.74, 6) is 5.54. The number of nitrogen functional groups attached to an aromatic ring is 1. The first-order valence-corrected chi connectivity index (χ1v) is 4.81. The highest BCUT2D eigenvalue weighted by Crippen LogP contribution is 2.22. The van der Waals surface area contributed by atoms with Crippen LogP contribution in [0.2, 0.25) is 0 Å². The SMILES string of the molecule is CCc1cc2cccc(F)c2nc1NN. The average molecular weight is 205 g/mol. The zero-order valence-corrected chi connectivity index (χ0v) is 8.42. The van der Waals surface area contributed by atoms with Crippen LogP contribution in [0.3, 0.4) is 0 Å². The molecule has 0 aliphatic heterocycles. The molecule has 0 spiro atoms. The Bertz CT molecular complexity index is 496. The van der Waals surface area contributed by atoms with Crippen molar-refractivity contribution < 1.29 is 4.39 Å². The number of aryl methyl sites for hydroxylation is 1. The van der Waals surface area contributed by atoms with E-state index in [1.54, 1.807) is 6.07 Å². The van der Waals surface area contributed by atoms with Crippen molar-refractivity contribution in [3.8, 4) is 0 Å². The van der Waals surface area contributed by atoms with Crippen LogP contribution in [0.5, 0.6) is 0 Å². The van der Waals surface area contributed by atoms with Gasteiger partial charge in [0, 0.05) is 5.39 Å². The van der Waals surface area contributed by atoms with Crippen LogP contribution < -0.4 is 11.3 Å². The van der Waals surface area contributed by atoms with E-state index < -0.39 is 0 Å². The maximum atomic E-state index is 13.4. The number of hydrogen-bond donors (Lipinski definition) is 2. The number of hydrogen-bond acceptors (Lipinski definition) is 3. The molecule has 0 saturated heterocycles. The maximum absolute atomic E-state index is 13.4. The molecular formula is C11H12FN3. The normalized spacial score (nSPS) is 10.6. The minimum absolute atomic E-state index is 0.327. The first-order valence-electron chi connectivity index (χ1n) is 4.81. The minimum Gasteiger partial charge on any atom is -0.308 e. The number of nitrogens with one attached hydrogen (secondary N) is 1. The Morgan fingerprint density at radius 3 is 2.93 bits per heavy atom. The number of rotatable bonds is 2. The predicted molar refractivity (Wildman–Crippen MR) is 58.9 cm³/mol. The zero-order chi connectivity index (χ0) is 10.8. The molecule has 1 heterocycles. The lowest BCUT2D eigenvalue weighted by atomic mass is 10.1. The molecule has 0 bridgehead atoms. The van der Waals surface area contributed by atoms with Crippen molar-refractivity contribution in [1.29, 1.82) is 0 Å². The molecule has 0 saturated carbocycles. The Balaban J connectivity index is 2.75. The summed E-state index contributed by atoms with van der Waals surface area (Å²) < 4.78 is 13.4. The quantitative estimate of drug-likeness (QED) is 0.584. The molecule has 0 radical (unpaired) electrons. The standard InChI is InChI=1S/C11H12FN3/c1-2-7-6-8-4-3-5-9(12)10(8)14-11(7)15-13/h3-6H,2,13H2,1H3,(H,14,15). The number of nitrogens with two attached hydrogens (primary N) is 1. The second-order valence-corrected chi connectivity index (χ2v) is 3.31. The fourth-order valence-corrected chi connectivity index (χ4v) is 1.60. The summed E-state index contributed by atoms with van der Waals surface area (Å²) in [5, 5.41) is 0.797. The average Bonchev–Trinajstić information content (AvgIpc) is 2.28. The molecule has 0 amide bonds. The van der Waals surface area contributed by atoms with Crippen LogP contribution in [-0.2, 0) is 6.42 Å². The van der Waals surface area contributed by atoms with E-state index in [0.29, 0.717) is 11.3 Å². The molecule has 4 heteroatoms. The highest BCUT2D eigenvalue weighted by atomic mass is 19.1. The number of halogens is 1. The van der Waals surface area contributed by atoms with Gasteiger partial charge in [-0.15, -0.1) is 0 Å². The Hall–Kier alpha value is -1.68. The Kier molecular flexibility index (Phi) is 2.51. The fourth-order valence-electron chi connectivity index (χ4n) is 1.60. The highest BCUT2D eigenvalue weighted by Gasteiger charge is 2.07. The first-order chi connectivity index (χ1) is 7.26. The van der Waals surface area contributed by atoms with E-state index in [1.807, 2.05) is 19.1 Å². The van der Waals surface area contributed by atoms with Crippen molar-refractivity contribution in [1.82, 2.24) is 4.98 Å². The molecule has 0 unspecified atom stereocenters. The summed E-state index contributed by atoms with van der Waals surface area (Å²) in [6.45, 7) is 2.00. The Labute approximate surface area is 87.1 Å². The largest absolute Gasteiger partial charge is 0.308 e. The number of para-hydroxylation sites is 1. The summed E-state index contributed by atoms with van der Waals surface area (Å²) in [7, 11) is 0. The third-order valence-corrected chi connectivity index (χ3v) is 2.39. The van der Waals surface area contributed by atoms with Gasteiger partial charge in [0.05, 0.1) is 0 Å². The maximum Gasteiger partial charge on any atom is 0.149 e. The van der Waals surface area contributed by atoms with Crippen molar-refractivity contribution in [2.24, 2.45) is 5.84 Å². The third kappa shape index (κ3) is 1.64. The highest BCUT2D eigenvalue weighted by molar-refractivity contribution is 5.82. The number of fused-ring (bicyclic) bond motifs is 1. The van der Waals surface area contributed by atoms with Crippen molar-refractivity contribution in [2.75, 3.05) is 5.43 Å². The smallest absolute Gasteiger partial charge is 0.149 e. The van der Waals surface area contributed by atoms with Gasteiger partial charge in [-0.1, -0.05) is 19.1 Å². The van der Waals surface area contributed by atoms with E-state index in [1.165, 1.54) is 6.07 Å². The molecule has 1 aromatic heterocycles. The minimum atomic E-state index is -0.327. The molecule has 0 aliphatic rings. The molecule has 0 fully saturated rings. The van der Waals surface area contributed by atoms with E-state index in [2.05, 4.69) is 10.4 Å². The number of hydrazine groups is 1. The van der Waals surface area contributed by atoms with Crippen molar-refractivity contribution in [3.05, 3.63) is 35.6 Å². The van der Waals surface area contributed by atoms with Gasteiger partial charge in [-0.25, -0.2) is 15.2 Å². The number of pyridine rings is 1. The molecular weight excluding hydrogens is 193 g/mol. The number of benzene rings is 1. The lowest BCUT2D eigenvalue weighted by Gasteiger charge is -2.08. The van der Waals surface area contributed by atoms with E-state index in [9.17, 15) is 4.39 Å². The van der Waals surface area contributed by atoms with Gasteiger partial charge in [-0.2, -0.15) is 0 Å². The van der Waals surface area contributed by atoms with Gasteiger partial charge in [0.15, 0.2) is 0 Å². The van der Waals surface area contributed by atoms with Gasteiger partial charge >= 0.3 is 0 Å². The van der Waals surface area contributed by atoms with Crippen molar-refractivity contribution in [2.45, 2.75) is 13.3 Å². The van der Waals surface area contributed by atoms with Crippen LogP contribution in [0.25, 0.3) is 10.9 Å². The zero-order valence-electron chi connectivity index (χ0n) is 8.42. The topological polar surface area (TPSA) is 50.9 Å². The lowest BCUT2D eigenvalue weighted by Crippen LogP contribution is -2.11. The summed E-state index contributed by atoms with van der Waals surface area (Å²) in [6.07, 6.45) is 0.805. The van der Waals surface area contributed by atoms with Gasteiger partial charge in [0.1, 0.15) is 17.2 Å². The number of aromatic nitrogens is 1. The second kappa shape index (κ2) is 3.82. The molecule has 0 aliphatic carbocycles. The fraction of sp³-hybridized carbons (Fsp3) is 0.182. The van der Waals surface area contributed by atoms with E-state index >= 15 is 0 Å². The summed E-state index contributed by atoms with van der Waals surface area (Å²) in [4.78, 5) is 4.15. The monoisotopic (exact) mass is 205 g/mol. The van der Waals surface area contributed by atoms with Crippen LogP contribution in [0.4, 0.5) is 10.2 Å². The van der Waals surface area contributed by atoms with Crippen LogP contribution >= 0.6 is 0 Å². The van der Waals surface area contributed by atoms with Crippen LogP contribution in [-0.4, -0.2) is 4.98 Å². The van der Waals surface area contributed by atoms with Gasteiger partial charge in [0.2, 0.25) is 0 Å². The molecule has 15 heavy (non-hydrogen) atoms. The number of anilines is 1. The number of nitrogens with zero attached hydrogens (tertiary/aromatic N) is 1. The van der Waals surface area contributed by atoms with Crippen LogP contribution in [0.15, 0.2) is 24.3 Å². The van der Waals surface area contributed by atoms with E-state index in [0.717, 1.165) is 17.4 Å². The molecule has 2 aromatic rings. The van der Waals surface area contributed by atoms with Gasteiger partial charge in [-0.3, -0.25) is 0 Å². The summed E-state index contributed by atoms with van der Waals surface area (Å²) >= 11 is 0. The molecule has 1 aromatic carbocycles. The van der Waals surface area contributed by atoms with Crippen LogP contribution in [0.1, 0.15) is 12.5 Å². The summed E-state index contributed by atoms with van der Waals surface area (Å²) in [5.41, 5.74) is 3.82. The third-order valence-electron chi connectivity index (χ3n) is 2.39. The van der Waals surface area contributed by atoms with Crippen LogP contribution in [0, 0.1) is 5.82 Å². The lowest BCUT2D eigenvalue weighted by molar-refractivity contribution is 0.637. The molecule has 0 atom stereocenters. The van der Waals surface area contributed by atoms with Crippen molar-refractivity contribution in [3.63, 3.8) is 0 Å². The van der Waals surface area contributed by atoms with Gasteiger partial charge in [0.25, 0.3) is 0 Å². The molecule has 2 rings (SSSR count). The Morgan fingerprint density at radius 2 is 2.27 bits per heavy atom. The van der Waals surface area contributed by atoms with E-state index in [-0.39, 0.29) is 5.82 Å². The van der Waals surface area contributed by atoms with Gasteiger partial charge in [-0.05, 0) is 24.1 Å². The predicted octanol–water partition coefficient (Wildman–Crippen LogP) is 2.22. The molecule has 3 N–H and O–H groups in total. The molecule has 78 valence electrons. The molecule has 3 nitrogen and oxygen atoms in total. The first kappa shape index (κ1) is 9.86. The van der Waals surface area contributed by atoms with E-state index in [4.69, 9.17) is 5.84 Å². The summed E-state index contributed by atoms with van der Waals surface area (Å²) in [6, 6.07) is 6.81. The second-order valence-electron chi connectivity index (χ2n) is 3.31. The van der Waals surface area contributed by atoms with Gasteiger partial charge < -0.3 is 5.43 Å². The van der Waals surface area contributed by atoms with Crippen molar-refractivity contribution >= 4 is 16.7 Å². The Morgan fingerprint density at radius 1 is 1.47 bits per heavy atom.